The van der Waals surface area contributed by atoms with E-state index >= 15 is 0 Å². The summed E-state index contributed by atoms with van der Waals surface area (Å²) in [4.78, 5) is 23.4. The summed E-state index contributed by atoms with van der Waals surface area (Å²) in [5.41, 5.74) is 1.11. The molecule has 0 fully saturated rings. The van der Waals surface area contributed by atoms with Crippen molar-refractivity contribution in [3.05, 3.63) is 53.6 Å². The van der Waals surface area contributed by atoms with Crippen molar-refractivity contribution in [3.63, 3.8) is 0 Å². The first-order chi connectivity index (χ1) is 12.4. The number of allylic oxidation sites excluding steroid dienone is 2. The Morgan fingerprint density at radius 3 is 2.88 bits per heavy atom. The van der Waals surface area contributed by atoms with Crippen molar-refractivity contribution in [2.24, 2.45) is 5.92 Å². The Morgan fingerprint density at radius 1 is 1.38 bits per heavy atom. The van der Waals surface area contributed by atoms with Crippen LogP contribution in [-0.2, 0) is 16.0 Å². The van der Waals surface area contributed by atoms with E-state index in [1.807, 2.05) is 6.08 Å². The third kappa shape index (κ3) is 5.70. The average molecular weight is 376 g/mol. The van der Waals surface area contributed by atoms with Gasteiger partial charge in [-0.2, -0.15) is 0 Å². The molecule has 0 spiro atoms. The van der Waals surface area contributed by atoms with Gasteiger partial charge in [-0.25, -0.2) is 9.59 Å². The van der Waals surface area contributed by atoms with Crippen LogP contribution in [-0.4, -0.2) is 33.9 Å². The standard InChI is InChI=1S/C20H25O5P/c1-13-6-2-3-7-14-8-4-10-16(21)19(14)20(24)25-15(12-17(13)26)9-5-11-18(22)23/h2-5,8,10-11,13,15,17,21H,6-7,9,12,26H2,1H3,(H,22,23)/b3-2+,11-5+. The highest BCUT2D eigenvalue weighted by Crippen LogP contribution is 2.28. The van der Waals surface area contributed by atoms with Crippen molar-refractivity contribution < 1.29 is 24.5 Å². The van der Waals surface area contributed by atoms with Crippen molar-refractivity contribution in [1.29, 1.82) is 0 Å². The molecule has 26 heavy (non-hydrogen) atoms. The zero-order chi connectivity index (χ0) is 19.1. The van der Waals surface area contributed by atoms with Gasteiger partial charge < -0.3 is 14.9 Å². The van der Waals surface area contributed by atoms with E-state index in [9.17, 15) is 14.7 Å². The fourth-order valence-corrected chi connectivity index (χ4v) is 3.41. The van der Waals surface area contributed by atoms with Gasteiger partial charge in [0.2, 0.25) is 0 Å². The monoisotopic (exact) mass is 376 g/mol. The van der Waals surface area contributed by atoms with Crippen LogP contribution in [0, 0.1) is 5.92 Å². The Labute approximate surface area is 156 Å². The molecule has 0 saturated carbocycles. The molecular formula is C20H25O5P. The number of fused-ring (bicyclic) bond motifs is 1. The van der Waals surface area contributed by atoms with E-state index in [1.54, 1.807) is 12.1 Å². The van der Waals surface area contributed by atoms with Crippen LogP contribution in [0.4, 0.5) is 0 Å². The molecule has 5 nitrogen and oxygen atoms in total. The number of cyclic esters (lactones) is 1. The summed E-state index contributed by atoms with van der Waals surface area (Å²) in [5.74, 6) is -1.34. The van der Waals surface area contributed by atoms with Gasteiger partial charge in [-0.05, 0) is 42.5 Å². The molecule has 0 bridgehead atoms. The number of carbonyl (C=O) groups is 2. The fraction of sp³-hybridized carbons (Fsp3) is 0.400. The second-order valence-corrected chi connectivity index (χ2v) is 7.46. The van der Waals surface area contributed by atoms with Crippen LogP contribution in [0.1, 0.15) is 42.1 Å². The normalized spacial score (nSPS) is 25.6. The fourth-order valence-electron chi connectivity index (χ4n) is 2.95. The molecule has 0 aliphatic carbocycles. The predicted molar refractivity (Wildman–Crippen MR) is 103 cm³/mol. The number of ether oxygens (including phenoxy) is 1. The largest absolute Gasteiger partial charge is 0.507 e. The Balaban J connectivity index is 2.32. The minimum Gasteiger partial charge on any atom is -0.507 e. The Bertz CT molecular complexity index is 710. The first kappa shape index (κ1) is 20.2. The summed E-state index contributed by atoms with van der Waals surface area (Å²) in [6.07, 6.45) is 8.55. The molecule has 1 aliphatic heterocycles. The van der Waals surface area contributed by atoms with Gasteiger partial charge >= 0.3 is 11.9 Å². The smallest absolute Gasteiger partial charge is 0.342 e. The van der Waals surface area contributed by atoms with E-state index < -0.39 is 18.0 Å². The van der Waals surface area contributed by atoms with Crippen LogP contribution < -0.4 is 0 Å². The molecule has 0 radical (unpaired) electrons. The molecule has 1 aromatic rings. The van der Waals surface area contributed by atoms with Crippen molar-refractivity contribution in [1.82, 2.24) is 0 Å². The van der Waals surface area contributed by atoms with Crippen molar-refractivity contribution in [2.45, 2.75) is 44.4 Å². The van der Waals surface area contributed by atoms with Gasteiger partial charge in [0, 0.05) is 12.5 Å². The summed E-state index contributed by atoms with van der Waals surface area (Å²) in [5, 5.41) is 18.9. The minimum absolute atomic E-state index is 0.103. The van der Waals surface area contributed by atoms with Gasteiger partial charge in [0.15, 0.2) is 0 Å². The van der Waals surface area contributed by atoms with Gasteiger partial charge in [-0.3, -0.25) is 0 Å². The third-order valence-electron chi connectivity index (χ3n) is 4.54. The molecule has 4 atom stereocenters. The van der Waals surface area contributed by atoms with E-state index in [2.05, 4.69) is 22.2 Å². The summed E-state index contributed by atoms with van der Waals surface area (Å²) < 4.78 is 5.65. The summed E-state index contributed by atoms with van der Waals surface area (Å²) >= 11 is 0. The molecule has 1 aliphatic rings. The number of hydrogen-bond acceptors (Lipinski definition) is 4. The number of carbonyl (C=O) groups excluding carboxylic acids is 1. The highest BCUT2D eigenvalue weighted by Gasteiger charge is 2.24. The molecule has 4 unspecified atom stereocenters. The molecule has 0 saturated heterocycles. The van der Waals surface area contributed by atoms with Crippen LogP contribution in [0.15, 0.2) is 42.5 Å². The number of rotatable bonds is 3. The molecule has 140 valence electrons. The number of aromatic hydroxyl groups is 1. The highest BCUT2D eigenvalue weighted by atomic mass is 31.0. The highest BCUT2D eigenvalue weighted by molar-refractivity contribution is 7.17. The quantitative estimate of drug-likeness (QED) is 0.364. The lowest BCUT2D eigenvalue weighted by molar-refractivity contribution is -0.131. The Hall–Kier alpha value is -2.13. The molecule has 1 aromatic carbocycles. The second-order valence-electron chi connectivity index (χ2n) is 6.60. The maximum Gasteiger partial charge on any atom is 0.342 e. The van der Waals surface area contributed by atoms with E-state index in [-0.39, 0.29) is 17.0 Å². The summed E-state index contributed by atoms with van der Waals surface area (Å²) in [6.45, 7) is 2.14. The second kappa shape index (κ2) is 9.54. The number of carboxylic acids is 1. The van der Waals surface area contributed by atoms with Crippen LogP contribution in [0.5, 0.6) is 5.75 Å². The lowest BCUT2D eigenvalue weighted by Crippen LogP contribution is -2.25. The number of esters is 1. The summed E-state index contributed by atoms with van der Waals surface area (Å²) in [6, 6.07) is 4.97. The number of carboxylic acid groups (broad SMARTS) is 1. The summed E-state index contributed by atoms with van der Waals surface area (Å²) in [7, 11) is 2.80. The molecule has 0 aromatic heterocycles. The first-order valence-electron chi connectivity index (χ1n) is 8.70. The van der Waals surface area contributed by atoms with Crippen LogP contribution >= 0.6 is 9.24 Å². The molecular weight excluding hydrogens is 351 g/mol. The average Bonchev–Trinajstić information content (AvgIpc) is 2.57. The number of benzene rings is 1. The van der Waals surface area contributed by atoms with Crippen LogP contribution in [0.3, 0.4) is 0 Å². The van der Waals surface area contributed by atoms with Crippen molar-refractivity contribution >= 4 is 21.2 Å². The van der Waals surface area contributed by atoms with Crippen molar-refractivity contribution in [3.8, 4) is 5.75 Å². The first-order valence-corrected chi connectivity index (χ1v) is 9.37. The molecule has 2 rings (SSSR count). The Morgan fingerprint density at radius 2 is 2.15 bits per heavy atom. The van der Waals surface area contributed by atoms with E-state index in [0.29, 0.717) is 30.7 Å². The van der Waals surface area contributed by atoms with Crippen LogP contribution in [0.2, 0.25) is 0 Å². The van der Waals surface area contributed by atoms with Gasteiger partial charge in [0.05, 0.1) is 0 Å². The molecule has 2 N–H and O–H groups in total. The molecule has 1 heterocycles. The van der Waals surface area contributed by atoms with Gasteiger partial charge in [-0.15, -0.1) is 9.24 Å². The van der Waals surface area contributed by atoms with Gasteiger partial charge in [-0.1, -0.05) is 37.3 Å². The predicted octanol–water partition coefficient (Wildman–Crippen LogP) is 3.72. The lowest BCUT2D eigenvalue weighted by Gasteiger charge is -2.25. The van der Waals surface area contributed by atoms with E-state index in [1.165, 1.54) is 12.1 Å². The number of hydrogen-bond donors (Lipinski definition) is 2. The van der Waals surface area contributed by atoms with E-state index in [0.717, 1.165) is 12.5 Å². The third-order valence-corrected chi connectivity index (χ3v) is 5.47. The van der Waals surface area contributed by atoms with Gasteiger partial charge in [0.1, 0.15) is 17.4 Å². The van der Waals surface area contributed by atoms with E-state index in [4.69, 9.17) is 9.84 Å². The number of phenolic OH excluding ortho intramolecular Hbond substituents is 1. The maximum atomic E-state index is 12.7. The zero-order valence-corrected chi connectivity index (χ0v) is 16.0. The van der Waals surface area contributed by atoms with Gasteiger partial charge in [0.25, 0.3) is 0 Å². The molecule has 0 amide bonds. The Kier molecular flexibility index (Phi) is 7.40. The lowest BCUT2D eigenvalue weighted by atomic mass is 9.95. The number of aliphatic carboxylic acids is 1. The van der Waals surface area contributed by atoms with Crippen molar-refractivity contribution in [2.75, 3.05) is 0 Å². The molecule has 6 heteroatoms. The SMILES string of the molecule is CC1C/C=C/Cc2cccc(O)c2C(=O)OC(C/C=C/C(=O)O)CC1P. The minimum atomic E-state index is -1.03. The van der Waals surface area contributed by atoms with Crippen LogP contribution in [0.25, 0.3) is 0 Å². The number of phenols is 1. The maximum absolute atomic E-state index is 12.7. The topological polar surface area (TPSA) is 83.8 Å². The zero-order valence-electron chi connectivity index (χ0n) is 14.8.